The molecule has 0 aromatic rings. The van der Waals surface area contributed by atoms with Gasteiger partial charge in [-0.1, -0.05) is 39.5 Å². The van der Waals surface area contributed by atoms with Crippen molar-refractivity contribution in [3.05, 3.63) is 0 Å². The summed E-state index contributed by atoms with van der Waals surface area (Å²) in [4.78, 5) is 11.9. The summed E-state index contributed by atoms with van der Waals surface area (Å²) in [5.41, 5.74) is -1.44. The normalized spacial score (nSPS) is 20.4. The number of unbranched alkanes of at least 4 members (excludes halogenated alkanes) is 1. The average molecular weight is 255 g/mol. The molecule has 1 unspecified atom stereocenters. The first kappa shape index (κ1) is 15.5. The first-order chi connectivity index (χ1) is 8.62. The van der Waals surface area contributed by atoms with Gasteiger partial charge >= 0.3 is 5.97 Å². The second-order valence-corrected chi connectivity index (χ2v) is 5.57. The van der Waals surface area contributed by atoms with E-state index in [2.05, 4.69) is 13.8 Å². The molecule has 18 heavy (non-hydrogen) atoms. The van der Waals surface area contributed by atoms with Crippen molar-refractivity contribution in [3.63, 3.8) is 0 Å². The maximum Gasteiger partial charge on any atom is 0.341 e. The van der Waals surface area contributed by atoms with Crippen LogP contribution in [0.1, 0.15) is 71.6 Å². The molecule has 0 saturated heterocycles. The van der Waals surface area contributed by atoms with Crippen LogP contribution in [0.5, 0.6) is 0 Å². The van der Waals surface area contributed by atoms with Gasteiger partial charge in [-0.2, -0.15) is 0 Å². The molecule has 0 amide bonds. The number of hydrogen-bond acceptors (Lipinski definition) is 2. The Kier molecular flexibility index (Phi) is 6.69. The van der Waals surface area contributed by atoms with Crippen LogP contribution >= 0.6 is 0 Å². The van der Waals surface area contributed by atoms with Gasteiger partial charge in [0.05, 0.1) is 6.61 Å². The number of carbonyl (C=O) groups is 1. The molecule has 1 aliphatic carbocycles. The molecular formula is C15H27O3. The summed E-state index contributed by atoms with van der Waals surface area (Å²) in [5, 5.41) is 12.3. The topological polar surface area (TPSA) is 46.2 Å². The third kappa shape index (κ3) is 4.60. The van der Waals surface area contributed by atoms with Gasteiger partial charge in [-0.3, -0.25) is 0 Å². The summed E-state index contributed by atoms with van der Waals surface area (Å²) in [5.74, 6) is -0.0850. The predicted octanol–water partition coefficient (Wildman–Crippen LogP) is 3.88. The summed E-state index contributed by atoms with van der Waals surface area (Å²) < 4.78 is 5.28. The zero-order chi connectivity index (χ0) is 13.4. The van der Waals surface area contributed by atoms with E-state index >= 15 is 0 Å². The third-order valence-electron chi connectivity index (χ3n) is 4.03. The molecule has 1 saturated carbocycles. The molecule has 0 N–H and O–H groups in total. The van der Waals surface area contributed by atoms with Crippen LogP contribution in [-0.2, 0) is 14.6 Å². The third-order valence-corrected chi connectivity index (χ3v) is 4.03. The zero-order valence-electron chi connectivity index (χ0n) is 11.9. The molecule has 1 aliphatic rings. The molecule has 0 aromatic heterocycles. The Labute approximate surface area is 111 Å². The van der Waals surface area contributed by atoms with Crippen molar-refractivity contribution in [1.29, 1.82) is 0 Å². The molecular weight excluding hydrogens is 228 g/mol. The van der Waals surface area contributed by atoms with Crippen LogP contribution in [0, 0.1) is 5.92 Å². The summed E-state index contributed by atoms with van der Waals surface area (Å²) >= 11 is 0. The maximum absolute atomic E-state index is 12.3. The van der Waals surface area contributed by atoms with Gasteiger partial charge in [0.1, 0.15) is 0 Å². The summed E-state index contributed by atoms with van der Waals surface area (Å²) in [6, 6.07) is 0. The van der Waals surface area contributed by atoms with Gasteiger partial charge in [-0.05, 0) is 38.0 Å². The lowest BCUT2D eigenvalue weighted by Crippen LogP contribution is -2.41. The van der Waals surface area contributed by atoms with Gasteiger partial charge in [-0.15, -0.1) is 0 Å². The Bertz CT molecular complexity index is 244. The molecule has 1 fully saturated rings. The highest BCUT2D eigenvalue weighted by molar-refractivity contribution is 5.79. The van der Waals surface area contributed by atoms with Crippen molar-refractivity contribution >= 4 is 5.97 Å². The van der Waals surface area contributed by atoms with Crippen molar-refractivity contribution in [2.75, 3.05) is 6.61 Å². The van der Waals surface area contributed by atoms with E-state index in [0.29, 0.717) is 25.4 Å². The van der Waals surface area contributed by atoms with E-state index in [0.717, 1.165) is 38.5 Å². The number of carbonyl (C=O) groups excluding carboxylic acids is 1. The molecule has 105 valence electrons. The second kappa shape index (κ2) is 7.78. The SMILES string of the molecule is CCCCC(CC)COC(=O)C1([O])CCCCC1. The second-order valence-electron chi connectivity index (χ2n) is 5.57. The average Bonchev–Trinajstić information content (AvgIpc) is 2.39. The van der Waals surface area contributed by atoms with E-state index < -0.39 is 11.6 Å². The Morgan fingerprint density at radius 3 is 2.44 bits per heavy atom. The van der Waals surface area contributed by atoms with Gasteiger partial charge in [-0.25, -0.2) is 9.90 Å². The van der Waals surface area contributed by atoms with Crippen LogP contribution in [0.4, 0.5) is 0 Å². The molecule has 0 heterocycles. The van der Waals surface area contributed by atoms with Crippen molar-refractivity contribution in [3.8, 4) is 0 Å². The van der Waals surface area contributed by atoms with Gasteiger partial charge in [0.25, 0.3) is 0 Å². The van der Waals surface area contributed by atoms with Gasteiger partial charge in [0.2, 0.25) is 0 Å². The molecule has 0 spiro atoms. The Morgan fingerprint density at radius 2 is 1.89 bits per heavy atom. The van der Waals surface area contributed by atoms with Crippen LogP contribution in [0.3, 0.4) is 0 Å². The molecule has 1 radical (unpaired) electrons. The minimum absolute atomic E-state index is 0.418. The number of hydrogen-bond donors (Lipinski definition) is 0. The van der Waals surface area contributed by atoms with Crippen molar-refractivity contribution < 1.29 is 14.6 Å². The lowest BCUT2D eigenvalue weighted by molar-refractivity contribution is -0.179. The maximum atomic E-state index is 12.3. The van der Waals surface area contributed by atoms with Gasteiger partial charge in [0.15, 0.2) is 5.60 Å². The fourth-order valence-corrected chi connectivity index (χ4v) is 2.55. The molecule has 0 bridgehead atoms. The zero-order valence-corrected chi connectivity index (χ0v) is 11.9. The highest BCUT2D eigenvalue weighted by Crippen LogP contribution is 2.30. The number of rotatable bonds is 7. The number of esters is 1. The minimum atomic E-state index is -1.44. The predicted molar refractivity (Wildman–Crippen MR) is 70.8 cm³/mol. The van der Waals surface area contributed by atoms with Crippen LogP contribution in [0.15, 0.2) is 0 Å². The fraction of sp³-hybridized carbons (Fsp3) is 0.933. The molecule has 0 aromatic carbocycles. The minimum Gasteiger partial charge on any atom is -0.463 e. The van der Waals surface area contributed by atoms with E-state index in [-0.39, 0.29) is 0 Å². The first-order valence-electron chi connectivity index (χ1n) is 7.50. The van der Waals surface area contributed by atoms with Crippen molar-refractivity contribution in [2.24, 2.45) is 5.92 Å². The Balaban J connectivity index is 2.34. The Hall–Kier alpha value is -0.570. The van der Waals surface area contributed by atoms with Crippen molar-refractivity contribution in [2.45, 2.75) is 77.2 Å². The summed E-state index contributed by atoms with van der Waals surface area (Å²) in [6.45, 7) is 4.70. The van der Waals surface area contributed by atoms with Crippen LogP contribution in [-0.4, -0.2) is 18.2 Å². The summed E-state index contributed by atoms with van der Waals surface area (Å²) in [7, 11) is 0. The highest BCUT2D eigenvalue weighted by Gasteiger charge is 2.41. The molecule has 0 aliphatic heterocycles. The lowest BCUT2D eigenvalue weighted by atomic mass is 9.85. The number of ether oxygens (including phenoxy) is 1. The van der Waals surface area contributed by atoms with Gasteiger partial charge in [0, 0.05) is 0 Å². The van der Waals surface area contributed by atoms with E-state index in [1.807, 2.05) is 0 Å². The fourth-order valence-electron chi connectivity index (χ4n) is 2.55. The van der Waals surface area contributed by atoms with Crippen LogP contribution in [0.2, 0.25) is 0 Å². The highest BCUT2D eigenvalue weighted by atomic mass is 16.5. The van der Waals surface area contributed by atoms with E-state index in [1.54, 1.807) is 0 Å². The van der Waals surface area contributed by atoms with Gasteiger partial charge < -0.3 is 4.74 Å². The van der Waals surface area contributed by atoms with Crippen LogP contribution in [0.25, 0.3) is 0 Å². The summed E-state index contributed by atoms with van der Waals surface area (Å²) in [6.07, 6.45) is 8.15. The molecule has 1 rings (SSSR count). The largest absolute Gasteiger partial charge is 0.463 e. The molecule has 1 atom stereocenters. The molecule has 3 nitrogen and oxygen atoms in total. The van der Waals surface area contributed by atoms with Crippen molar-refractivity contribution in [1.82, 2.24) is 0 Å². The van der Waals surface area contributed by atoms with E-state index in [1.165, 1.54) is 6.42 Å². The van der Waals surface area contributed by atoms with E-state index in [9.17, 15) is 9.90 Å². The quantitative estimate of drug-likeness (QED) is 0.648. The smallest absolute Gasteiger partial charge is 0.341 e. The lowest BCUT2D eigenvalue weighted by Gasteiger charge is -2.28. The first-order valence-corrected chi connectivity index (χ1v) is 7.50. The Morgan fingerprint density at radius 1 is 1.22 bits per heavy atom. The van der Waals surface area contributed by atoms with Crippen LogP contribution < -0.4 is 0 Å². The monoisotopic (exact) mass is 255 g/mol. The molecule has 3 heteroatoms. The standard InChI is InChI=1S/C15H27O3/c1-3-5-9-13(4-2)12-18-14(16)15(17)10-7-6-8-11-15/h13H,3-12H2,1-2H3. The van der Waals surface area contributed by atoms with E-state index in [4.69, 9.17) is 4.74 Å².